The Labute approximate surface area is 172 Å². The third-order valence-electron chi connectivity index (χ3n) is 7.33. The number of benzene rings is 1. The zero-order valence-electron chi connectivity index (χ0n) is 18.0. The summed E-state index contributed by atoms with van der Waals surface area (Å²) >= 11 is 0. The first-order valence-electron chi connectivity index (χ1n) is 11.2. The zero-order valence-corrected chi connectivity index (χ0v) is 19.0. The average molecular weight is 400 g/mol. The van der Waals surface area contributed by atoms with E-state index in [1.165, 1.54) is 12.8 Å². The molecule has 1 aromatic carbocycles. The summed E-state index contributed by atoms with van der Waals surface area (Å²) in [6.07, 6.45) is 9.47. The van der Waals surface area contributed by atoms with Crippen LogP contribution in [0, 0.1) is 5.92 Å². The second-order valence-corrected chi connectivity index (χ2v) is 14.3. The highest BCUT2D eigenvalue weighted by atomic mass is 28.3. The van der Waals surface area contributed by atoms with Crippen LogP contribution in [0.25, 0.3) is 0 Å². The van der Waals surface area contributed by atoms with E-state index in [1.807, 2.05) is 0 Å². The Morgan fingerprint density at radius 2 is 1.79 bits per heavy atom. The van der Waals surface area contributed by atoms with E-state index in [0.717, 1.165) is 37.5 Å². The number of ether oxygens (including phenoxy) is 2. The predicted molar refractivity (Wildman–Crippen MR) is 119 cm³/mol. The number of hydrogen-bond acceptors (Lipinski definition) is 3. The summed E-state index contributed by atoms with van der Waals surface area (Å²) in [6, 6.07) is 13.1. The molecule has 0 N–H and O–H groups in total. The Morgan fingerprint density at radius 1 is 1.07 bits per heavy atom. The minimum Gasteiger partial charge on any atom is -0.353 e. The summed E-state index contributed by atoms with van der Waals surface area (Å²) < 4.78 is 11.7. The van der Waals surface area contributed by atoms with Gasteiger partial charge in [0.2, 0.25) is 0 Å². The molecule has 0 aromatic heterocycles. The molecule has 154 valence electrons. The molecule has 0 saturated carbocycles. The third kappa shape index (κ3) is 3.77. The van der Waals surface area contributed by atoms with E-state index < -0.39 is 8.07 Å². The highest BCUT2D eigenvalue weighted by molar-refractivity contribution is 6.91. The van der Waals surface area contributed by atoms with Gasteiger partial charge >= 0.3 is 0 Å². The summed E-state index contributed by atoms with van der Waals surface area (Å²) in [5, 5.41) is 1.61. The molecule has 3 nitrogen and oxygen atoms in total. The molecule has 2 fully saturated rings. The van der Waals surface area contributed by atoms with Gasteiger partial charge in [-0.2, -0.15) is 0 Å². The molecular formula is C24H37NO2Si. The fourth-order valence-corrected chi connectivity index (χ4v) is 10.1. The first kappa shape index (κ1) is 20.3. The average Bonchev–Trinajstić information content (AvgIpc) is 2.91. The van der Waals surface area contributed by atoms with Crippen molar-refractivity contribution in [2.75, 3.05) is 13.2 Å². The summed E-state index contributed by atoms with van der Waals surface area (Å²) in [7, 11) is -1.60. The van der Waals surface area contributed by atoms with Crippen LogP contribution in [-0.2, 0) is 9.47 Å². The molecule has 1 aliphatic carbocycles. The SMILES string of the molecule is CC(C)N1[C@@H]2C=CC[C@@H]([C@H]2[Si](C)(C)c2ccccc2)[C@H]1CCC1OCCCO1. The largest absolute Gasteiger partial charge is 0.353 e. The first-order chi connectivity index (χ1) is 13.5. The number of rotatable bonds is 6. The van der Waals surface area contributed by atoms with E-state index in [1.54, 1.807) is 5.19 Å². The molecule has 2 bridgehead atoms. The number of likely N-dealkylation sites (tertiary alicyclic amines) is 1. The smallest absolute Gasteiger partial charge is 0.157 e. The van der Waals surface area contributed by atoms with Crippen molar-refractivity contribution in [1.82, 2.24) is 4.90 Å². The van der Waals surface area contributed by atoms with Gasteiger partial charge in [-0.3, -0.25) is 4.90 Å². The van der Waals surface area contributed by atoms with E-state index in [0.29, 0.717) is 18.1 Å². The number of nitrogens with zero attached hydrogens (tertiary/aromatic N) is 1. The van der Waals surface area contributed by atoms with Gasteiger partial charge in [0.25, 0.3) is 0 Å². The lowest BCUT2D eigenvalue weighted by atomic mass is 9.88. The van der Waals surface area contributed by atoms with Gasteiger partial charge in [0, 0.05) is 18.1 Å². The van der Waals surface area contributed by atoms with Crippen molar-refractivity contribution in [3.63, 3.8) is 0 Å². The van der Waals surface area contributed by atoms with Gasteiger partial charge in [0.15, 0.2) is 6.29 Å². The Morgan fingerprint density at radius 3 is 2.46 bits per heavy atom. The maximum atomic E-state index is 5.86. The van der Waals surface area contributed by atoms with Crippen molar-refractivity contribution in [1.29, 1.82) is 0 Å². The standard InChI is InChI=1S/C24H37NO2Si/c1-18(2)25-21(14-15-23-26-16-9-17-27-23)20-12-8-13-22(25)24(20)28(3,4)19-10-6-5-7-11-19/h5-8,10-11,13,18,20-24H,9,12,14-17H2,1-4H3/t20-,21-,22-,24-/m1/s1. The minimum atomic E-state index is -1.60. The highest BCUT2D eigenvalue weighted by Gasteiger charge is 2.55. The fourth-order valence-electron chi connectivity index (χ4n) is 6.14. The second kappa shape index (κ2) is 8.43. The van der Waals surface area contributed by atoms with Crippen LogP contribution in [0.2, 0.25) is 18.6 Å². The van der Waals surface area contributed by atoms with E-state index in [4.69, 9.17) is 9.47 Å². The molecule has 2 aliphatic heterocycles. The van der Waals surface area contributed by atoms with Crippen LogP contribution in [-0.4, -0.2) is 50.6 Å². The van der Waals surface area contributed by atoms with Crippen molar-refractivity contribution in [2.24, 2.45) is 5.92 Å². The van der Waals surface area contributed by atoms with Crippen LogP contribution >= 0.6 is 0 Å². The lowest BCUT2D eigenvalue weighted by molar-refractivity contribution is -0.183. The van der Waals surface area contributed by atoms with E-state index in [9.17, 15) is 0 Å². The summed E-state index contributed by atoms with van der Waals surface area (Å²) in [4.78, 5) is 2.83. The van der Waals surface area contributed by atoms with Crippen LogP contribution in [0.4, 0.5) is 0 Å². The monoisotopic (exact) mass is 399 g/mol. The molecule has 2 saturated heterocycles. The number of hydrogen-bond donors (Lipinski definition) is 0. The highest BCUT2D eigenvalue weighted by Crippen LogP contribution is 2.52. The molecule has 0 spiro atoms. The predicted octanol–water partition coefficient (Wildman–Crippen LogP) is 4.55. The van der Waals surface area contributed by atoms with Gasteiger partial charge in [-0.05, 0) is 51.0 Å². The van der Waals surface area contributed by atoms with Crippen molar-refractivity contribution in [3.8, 4) is 0 Å². The van der Waals surface area contributed by atoms with E-state index >= 15 is 0 Å². The molecule has 3 aliphatic rings. The Balaban J connectivity index is 1.59. The van der Waals surface area contributed by atoms with Crippen molar-refractivity contribution < 1.29 is 9.47 Å². The van der Waals surface area contributed by atoms with E-state index in [-0.39, 0.29) is 6.29 Å². The summed E-state index contributed by atoms with van der Waals surface area (Å²) in [5.41, 5.74) is 0.778. The molecule has 4 atom stereocenters. The molecule has 28 heavy (non-hydrogen) atoms. The maximum absolute atomic E-state index is 5.86. The molecule has 2 heterocycles. The zero-order chi connectivity index (χ0) is 19.7. The lowest BCUT2D eigenvalue weighted by Gasteiger charge is -2.40. The van der Waals surface area contributed by atoms with Crippen LogP contribution in [0.15, 0.2) is 42.5 Å². The molecule has 4 rings (SSSR count). The van der Waals surface area contributed by atoms with Gasteiger partial charge in [-0.25, -0.2) is 0 Å². The van der Waals surface area contributed by atoms with Crippen LogP contribution in [0.1, 0.15) is 39.5 Å². The Hall–Kier alpha value is -0.943. The molecule has 0 unspecified atom stereocenters. The van der Waals surface area contributed by atoms with Gasteiger partial charge in [-0.1, -0.05) is 60.8 Å². The van der Waals surface area contributed by atoms with E-state index in [2.05, 4.69) is 74.3 Å². The van der Waals surface area contributed by atoms with Crippen molar-refractivity contribution in [2.45, 2.75) is 82.6 Å². The third-order valence-corrected chi connectivity index (χ3v) is 11.6. The normalized spacial score (nSPS) is 31.6. The topological polar surface area (TPSA) is 21.7 Å². The molecule has 0 radical (unpaired) electrons. The van der Waals surface area contributed by atoms with Gasteiger partial charge in [-0.15, -0.1) is 0 Å². The summed E-state index contributed by atoms with van der Waals surface area (Å²) in [5.74, 6) is 0.753. The van der Waals surface area contributed by atoms with Crippen LogP contribution in [0.3, 0.4) is 0 Å². The Kier molecular flexibility index (Phi) is 6.12. The Bertz CT molecular complexity index is 668. The van der Waals surface area contributed by atoms with Crippen molar-refractivity contribution >= 4 is 13.3 Å². The maximum Gasteiger partial charge on any atom is 0.157 e. The first-order valence-corrected chi connectivity index (χ1v) is 14.3. The van der Waals surface area contributed by atoms with Crippen LogP contribution in [0.5, 0.6) is 0 Å². The fraction of sp³-hybridized carbons (Fsp3) is 0.667. The molecule has 4 heteroatoms. The number of fused-ring (bicyclic) bond motifs is 2. The van der Waals surface area contributed by atoms with Gasteiger partial charge in [0.1, 0.15) is 0 Å². The van der Waals surface area contributed by atoms with Gasteiger partial charge in [0.05, 0.1) is 21.3 Å². The minimum absolute atomic E-state index is 0.00834. The summed E-state index contributed by atoms with van der Waals surface area (Å²) in [6.45, 7) is 11.7. The lowest BCUT2D eigenvalue weighted by Crippen LogP contribution is -2.52. The number of allylic oxidation sites excluding steroid dienone is 1. The molecular weight excluding hydrogens is 362 g/mol. The molecule has 1 aromatic rings. The molecule has 0 amide bonds. The second-order valence-electron chi connectivity index (χ2n) is 9.64. The van der Waals surface area contributed by atoms with Gasteiger partial charge < -0.3 is 9.47 Å². The quantitative estimate of drug-likeness (QED) is 0.517. The van der Waals surface area contributed by atoms with Crippen molar-refractivity contribution in [3.05, 3.63) is 42.5 Å². The van der Waals surface area contributed by atoms with Crippen LogP contribution < -0.4 is 5.19 Å².